The van der Waals surface area contributed by atoms with Gasteiger partial charge in [-0.1, -0.05) is 0 Å². The van der Waals surface area contributed by atoms with E-state index in [0.29, 0.717) is 48.6 Å². The zero-order valence-corrected chi connectivity index (χ0v) is 18.7. The fraction of sp³-hybridized carbons (Fsp3) is 0.348. The van der Waals surface area contributed by atoms with Gasteiger partial charge >= 0.3 is 6.09 Å². The summed E-state index contributed by atoms with van der Waals surface area (Å²) in [4.78, 5) is 42.5. The SMILES string of the molecule is CC(=O)CC[C@H]1CN(c2ccc(-c3ccc(N4C=NN(C(=O)CN)CC4)nc3)c(F)c2)C(=O)O1. The monoisotopic (exact) mass is 468 g/mol. The maximum Gasteiger partial charge on any atom is 0.414 e. The Morgan fingerprint density at radius 2 is 2.06 bits per heavy atom. The summed E-state index contributed by atoms with van der Waals surface area (Å²) in [6.07, 6.45) is 2.89. The van der Waals surface area contributed by atoms with Crippen molar-refractivity contribution in [2.75, 3.05) is 36.0 Å². The van der Waals surface area contributed by atoms with Crippen LogP contribution < -0.4 is 15.5 Å². The third-order valence-electron chi connectivity index (χ3n) is 5.66. The van der Waals surface area contributed by atoms with E-state index >= 15 is 0 Å². The van der Waals surface area contributed by atoms with Crippen LogP contribution in [0, 0.1) is 5.82 Å². The molecule has 3 heterocycles. The number of carbonyl (C=O) groups is 3. The number of hydrogen-bond donors (Lipinski definition) is 1. The average molecular weight is 468 g/mol. The summed E-state index contributed by atoms with van der Waals surface area (Å²) >= 11 is 0. The first kappa shape index (κ1) is 23.3. The van der Waals surface area contributed by atoms with Crippen LogP contribution in [0.4, 0.5) is 20.7 Å². The number of aromatic nitrogens is 1. The predicted molar refractivity (Wildman–Crippen MR) is 124 cm³/mol. The van der Waals surface area contributed by atoms with Gasteiger partial charge in [0.25, 0.3) is 5.91 Å². The number of anilines is 2. The second-order valence-corrected chi connectivity index (χ2v) is 8.07. The van der Waals surface area contributed by atoms with Crippen LogP contribution >= 0.6 is 0 Å². The highest BCUT2D eigenvalue weighted by Crippen LogP contribution is 2.30. The molecule has 11 heteroatoms. The highest BCUT2D eigenvalue weighted by atomic mass is 19.1. The van der Waals surface area contributed by atoms with Gasteiger partial charge < -0.3 is 20.2 Å². The molecule has 0 unspecified atom stereocenters. The number of hydrogen-bond acceptors (Lipinski definition) is 8. The van der Waals surface area contributed by atoms with Crippen LogP contribution in [0.25, 0.3) is 11.1 Å². The molecule has 0 radical (unpaired) electrons. The molecule has 0 saturated carbocycles. The molecule has 1 aromatic heterocycles. The van der Waals surface area contributed by atoms with Crippen molar-refractivity contribution in [2.45, 2.75) is 25.9 Å². The summed E-state index contributed by atoms with van der Waals surface area (Å²) < 4.78 is 20.2. The largest absolute Gasteiger partial charge is 0.444 e. The molecule has 2 amide bonds. The van der Waals surface area contributed by atoms with Crippen molar-refractivity contribution in [3.05, 3.63) is 42.3 Å². The second-order valence-electron chi connectivity index (χ2n) is 8.07. The number of cyclic esters (lactones) is 1. The van der Waals surface area contributed by atoms with E-state index in [1.807, 2.05) is 0 Å². The number of amides is 2. The van der Waals surface area contributed by atoms with Crippen molar-refractivity contribution < 1.29 is 23.5 Å². The number of ether oxygens (including phenoxy) is 1. The molecule has 2 aliphatic heterocycles. The molecule has 0 bridgehead atoms. The topological polar surface area (TPSA) is 121 Å². The van der Waals surface area contributed by atoms with Gasteiger partial charge in [0, 0.05) is 30.3 Å². The molecule has 1 atom stereocenters. The van der Waals surface area contributed by atoms with Gasteiger partial charge in [0.15, 0.2) is 0 Å². The predicted octanol–water partition coefficient (Wildman–Crippen LogP) is 2.13. The Morgan fingerprint density at radius 1 is 1.24 bits per heavy atom. The molecule has 0 aliphatic carbocycles. The molecule has 2 aliphatic rings. The van der Waals surface area contributed by atoms with Gasteiger partial charge in [0.1, 0.15) is 29.9 Å². The van der Waals surface area contributed by atoms with Crippen LogP contribution in [0.5, 0.6) is 0 Å². The molecule has 0 spiro atoms. The van der Waals surface area contributed by atoms with Crippen LogP contribution in [0.2, 0.25) is 0 Å². The Kier molecular flexibility index (Phi) is 6.82. The Hall–Kier alpha value is -3.86. The second kappa shape index (κ2) is 9.96. The van der Waals surface area contributed by atoms with Gasteiger partial charge in [-0.25, -0.2) is 19.2 Å². The van der Waals surface area contributed by atoms with Crippen molar-refractivity contribution in [1.29, 1.82) is 0 Å². The summed E-state index contributed by atoms with van der Waals surface area (Å²) in [7, 11) is 0. The van der Waals surface area contributed by atoms with Gasteiger partial charge in [0.05, 0.1) is 25.3 Å². The summed E-state index contributed by atoms with van der Waals surface area (Å²) in [6.45, 7) is 2.55. The lowest BCUT2D eigenvalue weighted by Gasteiger charge is -2.27. The summed E-state index contributed by atoms with van der Waals surface area (Å²) in [5.74, 6) is -0.115. The molecule has 178 valence electrons. The quantitative estimate of drug-likeness (QED) is 0.661. The minimum atomic E-state index is -0.554. The van der Waals surface area contributed by atoms with Gasteiger partial charge in [0.2, 0.25) is 0 Å². The van der Waals surface area contributed by atoms with Gasteiger partial charge in [-0.2, -0.15) is 5.10 Å². The van der Waals surface area contributed by atoms with E-state index in [-0.39, 0.29) is 24.8 Å². The normalized spacial score (nSPS) is 17.8. The zero-order chi connectivity index (χ0) is 24.2. The number of Topliss-reactive ketones (excluding diaryl/α,β-unsaturated/α-hetero) is 1. The summed E-state index contributed by atoms with van der Waals surface area (Å²) in [5, 5.41) is 5.39. The van der Waals surface area contributed by atoms with E-state index in [1.54, 1.807) is 35.4 Å². The standard InChI is InChI=1S/C23H25FN6O4/c1-15(31)2-5-18-13-29(23(33)34-18)17-4-6-19(20(24)10-17)16-3-7-21(26-12-16)28-8-9-30(27-14-28)22(32)11-25/h3-4,6-7,10,12,14,18H,2,5,8-9,11,13,25H2,1H3/t18-/m0/s1. The minimum Gasteiger partial charge on any atom is -0.444 e. The Morgan fingerprint density at radius 3 is 2.68 bits per heavy atom. The fourth-order valence-corrected chi connectivity index (χ4v) is 3.78. The molecule has 1 aromatic carbocycles. The van der Waals surface area contributed by atoms with Crippen molar-refractivity contribution in [3.8, 4) is 11.1 Å². The lowest BCUT2D eigenvalue weighted by molar-refractivity contribution is -0.129. The Balaban J connectivity index is 1.44. The van der Waals surface area contributed by atoms with Crippen LogP contribution in [0.3, 0.4) is 0 Å². The van der Waals surface area contributed by atoms with Crippen molar-refractivity contribution in [3.63, 3.8) is 0 Å². The molecule has 1 fully saturated rings. The first-order valence-corrected chi connectivity index (χ1v) is 10.9. The average Bonchev–Trinajstić information content (AvgIpc) is 3.23. The molecule has 10 nitrogen and oxygen atoms in total. The molecule has 2 N–H and O–H groups in total. The Labute approximate surface area is 195 Å². The van der Waals surface area contributed by atoms with Gasteiger partial charge in [-0.15, -0.1) is 0 Å². The van der Waals surface area contributed by atoms with Crippen molar-refractivity contribution in [1.82, 2.24) is 9.99 Å². The van der Waals surface area contributed by atoms with E-state index < -0.39 is 18.0 Å². The van der Waals surface area contributed by atoms with E-state index in [9.17, 15) is 18.8 Å². The van der Waals surface area contributed by atoms with Gasteiger partial charge in [-0.05, 0) is 43.7 Å². The lowest BCUT2D eigenvalue weighted by atomic mass is 10.1. The van der Waals surface area contributed by atoms with Crippen LogP contribution in [0.15, 0.2) is 41.6 Å². The third-order valence-corrected chi connectivity index (χ3v) is 5.66. The van der Waals surface area contributed by atoms with Crippen molar-refractivity contribution in [2.24, 2.45) is 10.8 Å². The fourth-order valence-electron chi connectivity index (χ4n) is 3.78. The number of nitrogens with zero attached hydrogens (tertiary/aromatic N) is 5. The van der Waals surface area contributed by atoms with E-state index in [2.05, 4.69) is 10.1 Å². The van der Waals surface area contributed by atoms with Crippen LogP contribution in [0.1, 0.15) is 19.8 Å². The van der Waals surface area contributed by atoms with Gasteiger partial charge in [-0.3, -0.25) is 9.69 Å². The third kappa shape index (κ3) is 5.04. The number of pyridine rings is 1. The molecule has 4 rings (SSSR count). The van der Waals surface area contributed by atoms with E-state index in [4.69, 9.17) is 10.5 Å². The lowest BCUT2D eigenvalue weighted by Crippen LogP contribution is -2.43. The molecule has 2 aromatic rings. The zero-order valence-electron chi connectivity index (χ0n) is 18.7. The highest BCUT2D eigenvalue weighted by molar-refractivity contribution is 5.90. The van der Waals surface area contributed by atoms with Crippen LogP contribution in [-0.4, -0.2) is 66.4 Å². The highest BCUT2D eigenvalue weighted by Gasteiger charge is 2.32. The summed E-state index contributed by atoms with van der Waals surface area (Å²) in [5.41, 5.74) is 6.66. The number of benzene rings is 1. The number of rotatable bonds is 7. The smallest absolute Gasteiger partial charge is 0.414 e. The maximum absolute atomic E-state index is 14.9. The molecule has 1 saturated heterocycles. The Bertz CT molecular complexity index is 1120. The maximum atomic E-state index is 14.9. The molecular weight excluding hydrogens is 443 g/mol. The summed E-state index contributed by atoms with van der Waals surface area (Å²) in [6, 6.07) is 8.02. The van der Waals surface area contributed by atoms with Crippen molar-refractivity contribution >= 4 is 35.6 Å². The van der Waals surface area contributed by atoms with E-state index in [1.165, 1.54) is 29.2 Å². The number of carbonyl (C=O) groups excluding carboxylic acids is 3. The van der Waals surface area contributed by atoms with E-state index in [0.717, 1.165) is 0 Å². The molecular formula is C23H25FN6O4. The molecule has 34 heavy (non-hydrogen) atoms. The van der Waals surface area contributed by atoms with Crippen LogP contribution in [-0.2, 0) is 14.3 Å². The minimum absolute atomic E-state index is 0.0285. The number of ketones is 1. The number of nitrogens with two attached hydrogens (primary N) is 1. The first-order chi connectivity index (χ1) is 16.4. The first-order valence-electron chi connectivity index (χ1n) is 10.9. The number of halogens is 1. The number of hydrazone groups is 1.